The Morgan fingerprint density at radius 2 is 2.17 bits per heavy atom. The van der Waals surface area contributed by atoms with Gasteiger partial charge < -0.3 is 15.4 Å². The average Bonchev–Trinajstić information content (AvgIpc) is 2.67. The van der Waals surface area contributed by atoms with Gasteiger partial charge in [-0.25, -0.2) is 0 Å². The summed E-state index contributed by atoms with van der Waals surface area (Å²) < 4.78 is 0. The summed E-state index contributed by atoms with van der Waals surface area (Å²) in [5, 5.41) is 13.2. The van der Waals surface area contributed by atoms with Crippen molar-refractivity contribution in [2.75, 3.05) is 13.2 Å². The van der Waals surface area contributed by atoms with Gasteiger partial charge in [-0.15, -0.1) is 0 Å². The van der Waals surface area contributed by atoms with E-state index in [0.29, 0.717) is 13.0 Å². The molecule has 18 heavy (non-hydrogen) atoms. The number of hydrogen-bond acceptors (Lipinski definition) is 2. The molecule has 1 amide bonds. The molecule has 0 fully saturated rings. The molecule has 1 aliphatic rings. The number of aliphatic hydroxyl groups excluding tert-OH is 1. The molecule has 2 heterocycles. The molecule has 1 unspecified atom stereocenters. The van der Waals surface area contributed by atoms with Crippen LogP contribution in [0, 0.1) is 0 Å². The first-order valence-electron chi connectivity index (χ1n) is 6.29. The first-order chi connectivity index (χ1) is 8.81. The summed E-state index contributed by atoms with van der Waals surface area (Å²) in [6, 6.07) is 8.10. The molecule has 1 aliphatic heterocycles. The van der Waals surface area contributed by atoms with Gasteiger partial charge in [0.05, 0.1) is 5.92 Å². The Morgan fingerprint density at radius 3 is 3.00 bits per heavy atom. The highest BCUT2D eigenvalue weighted by Crippen LogP contribution is 2.31. The Hall–Kier alpha value is -1.81. The fourth-order valence-corrected chi connectivity index (χ4v) is 2.76. The van der Waals surface area contributed by atoms with Crippen molar-refractivity contribution in [2.24, 2.45) is 0 Å². The van der Waals surface area contributed by atoms with E-state index in [1.165, 1.54) is 10.9 Å². The molecule has 4 nitrogen and oxygen atoms in total. The Bertz CT molecular complexity index is 588. The van der Waals surface area contributed by atoms with Crippen LogP contribution in [0.3, 0.4) is 0 Å². The van der Waals surface area contributed by atoms with Gasteiger partial charge in [0.1, 0.15) is 0 Å². The highest BCUT2D eigenvalue weighted by atomic mass is 16.3. The number of para-hydroxylation sites is 1. The van der Waals surface area contributed by atoms with Gasteiger partial charge in [0.15, 0.2) is 0 Å². The van der Waals surface area contributed by atoms with Crippen LogP contribution in [0.5, 0.6) is 0 Å². The van der Waals surface area contributed by atoms with Crippen LogP contribution in [0.15, 0.2) is 24.3 Å². The fraction of sp³-hybridized carbons (Fsp3) is 0.357. The van der Waals surface area contributed by atoms with Crippen LogP contribution >= 0.6 is 0 Å². The lowest BCUT2D eigenvalue weighted by atomic mass is 9.97. The predicted octanol–water partition coefficient (Wildman–Crippen LogP) is 1.31. The van der Waals surface area contributed by atoms with E-state index < -0.39 is 0 Å². The lowest BCUT2D eigenvalue weighted by molar-refractivity contribution is -0.122. The smallest absolute Gasteiger partial charge is 0.229 e. The minimum atomic E-state index is -0.264. The Balaban J connectivity index is 2.18. The quantitative estimate of drug-likeness (QED) is 0.745. The van der Waals surface area contributed by atoms with E-state index in [0.717, 1.165) is 17.6 Å². The summed E-state index contributed by atoms with van der Waals surface area (Å²) in [4.78, 5) is 15.4. The Labute approximate surface area is 105 Å². The maximum atomic E-state index is 12.0. The van der Waals surface area contributed by atoms with Gasteiger partial charge in [-0.3, -0.25) is 4.79 Å². The van der Waals surface area contributed by atoms with Gasteiger partial charge >= 0.3 is 0 Å². The topological polar surface area (TPSA) is 65.1 Å². The minimum absolute atomic E-state index is 0.00866. The van der Waals surface area contributed by atoms with Gasteiger partial charge in [0.25, 0.3) is 0 Å². The average molecular weight is 244 g/mol. The second-order valence-electron chi connectivity index (χ2n) is 4.67. The standard InChI is InChI=1S/C14H16N2O2/c17-8-6-11-13-10(5-7-15-14(11)18)9-3-1-2-4-12(9)16-13/h1-4,11,16-17H,5-8H2,(H,15,18). The van der Waals surface area contributed by atoms with Gasteiger partial charge in [-0.2, -0.15) is 0 Å². The van der Waals surface area contributed by atoms with Crippen LogP contribution in [0.25, 0.3) is 10.9 Å². The second-order valence-corrected chi connectivity index (χ2v) is 4.67. The molecule has 1 aromatic heterocycles. The van der Waals surface area contributed by atoms with Crippen molar-refractivity contribution < 1.29 is 9.90 Å². The highest BCUT2D eigenvalue weighted by Gasteiger charge is 2.28. The lowest BCUT2D eigenvalue weighted by Gasteiger charge is -2.12. The molecule has 0 spiro atoms. The lowest BCUT2D eigenvalue weighted by Crippen LogP contribution is -2.29. The zero-order chi connectivity index (χ0) is 12.5. The molecule has 0 saturated carbocycles. The molecule has 3 N–H and O–H groups in total. The normalized spacial score (nSPS) is 19.4. The molecule has 0 radical (unpaired) electrons. The second kappa shape index (κ2) is 4.46. The molecule has 2 aromatic rings. The monoisotopic (exact) mass is 244 g/mol. The zero-order valence-corrected chi connectivity index (χ0v) is 10.1. The molecule has 94 valence electrons. The number of fused-ring (bicyclic) bond motifs is 3. The number of aliphatic hydroxyl groups is 1. The number of carbonyl (C=O) groups is 1. The Kier molecular flexibility index (Phi) is 2.80. The molecule has 1 atom stereocenters. The van der Waals surface area contributed by atoms with Crippen molar-refractivity contribution in [3.63, 3.8) is 0 Å². The first kappa shape index (κ1) is 11.3. The molecule has 4 heteroatoms. The number of carbonyl (C=O) groups excluding carboxylic acids is 1. The molecule has 0 bridgehead atoms. The van der Waals surface area contributed by atoms with E-state index >= 15 is 0 Å². The van der Waals surface area contributed by atoms with Gasteiger partial charge in [0.2, 0.25) is 5.91 Å². The maximum Gasteiger partial charge on any atom is 0.229 e. The summed E-state index contributed by atoms with van der Waals surface area (Å²) >= 11 is 0. The van der Waals surface area contributed by atoms with E-state index in [1.54, 1.807) is 0 Å². The molecule has 1 aromatic carbocycles. The van der Waals surface area contributed by atoms with Gasteiger partial charge in [-0.1, -0.05) is 18.2 Å². The molecule has 0 saturated heterocycles. The molecular formula is C14H16N2O2. The number of aromatic amines is 1. The van der Waals surface area contributed by atoms with Crippen molar-refractivity contribution >= 4 is 16.8 Å². The number of rotatable bonds is 2. The molecular weight excluding hydrogens is 228 g/mol. The Morgan fingerprint density at radius 1 is 1.33 bits per heavy atom. The van der Waals surface area contributed by atoms with E-state index in [4.69, 9.17) is 5.11 Å². The summed E-state index contributed by atoms with van der Waals surface area (Å²) in [7, 11) is 0. The molecule has 0 aliphatic carbocycles. The van der Waals surface area contributed by atoms with Crippen LogP contribution in [0.1, 0.15) is 23.6 Å². The number of amides is 1. The van der Waals surface area contributed by atoms with E-state index in [2.05, 4.69) is 16.4 Å². The van der Waals surface area contributed by atoms with Crippen molar-refractivity contribution in [1.82, 2.24) is 10.3 Å². The highest BCUT2D eigenvalue weighted by molar-refractivity contribution is 5.90. The van der Waals surface area contributed by atoms with Gasteiger partial charge in [-0.05, 0) is 24.5 Å². The van der Waals surface area contributed by atoms with E-state index in [1.807, 2.05) is 18.2 Å². The maximum absolute atomic E-state index is 12.0. The largest absolute Gasteiger partial charge is 0.396 e. The molecule has 3 rings (SSSR count). The van der Waals surface area contributed by atoms with E-state index in [9.17, 15) is 4.79 Å². The van der Waals surface area contributed by atoms with Crippen molar-refractivity contribution in [3.8, 4) is 0 Å². The predicted molar refractivity (Wildman–Crippen MR) is 69.5 cm³/mol. The fourth-order valence-electron chi connectivity index (χ4n) is 2.76. The number of hydrogen-bond donors (Lipinski definition) is 3. The zero-order valence-electron chi connectivity index (χ0n) is 10.1. The van der Waals surface area contributed by atoms with Crippen molar-refractivity contribution in [3.05, 3.63) is 35.5 Å². The minimum Gasteiger partial charge on any atom is -0.396 e. The SMILES string of the molecule is O=C1NCCc2c([nH]c3ccccc23)C1CCO. The number of aromatic nitrogens is 1. The van der Waals surface area contributed by atoms with Crippen LogP contribution in [-0.2, 0) is 11.2 Å². The third-order valence-electron chi connectivity index (χ3n) is 3.60. The summed E-state index contributed by atoms with van der Waals surface area (Å²) in [6.45, 7) is 0.683. The van der Waals surface area contributed by atoms with Crippen molar-refractivity contribution in [1.29, 1.82) is 0 Å². The number of nitrogens with one attached hydrogen (secondary N) is 2. The summed E-state index contributed by atoms with van der Waals surface area (Å²) in [5.74, 6) is -0.255. The number of benzene rings is 1. The third-order valence-corrected chi connectivity index (χ3v) is 3.60. The summed E-state index contributed by atoms with van der Waals surface area (Å²) in [6.07, 6.45) is 1.30. The third kappa shape index (κ3) is 1.69. The van der Waals surface area contributed by atoms with E-state index in [-0.39, 0.29) is 18.4 Å². The van der Waals surface area contributed by atoms with Crippen LogP contribution in [0.4, 0.5) is 0 Å². The van der Waals surface area contributed by atoms with Crippen LogP contribution in [-0.4, -0.2) is 29.1 Å². The first-order valence-corrected chi connectivity index (χ1v) is 6.29. The van der Waals surface area contributed by atoms with Crippen LogP contribution in [0.2, 0.25) is 0 Å². The van der Waals surface area contributed by atoms with Crippen LogP contribution < -0.4 is 5.32 Å². The van der Waals surface area contributed by atoms with Crippen molar-refractivity contribution in [2.45, 2.75) is 18.8 Å². The van der Waals surface area contributed by atoms with Gasteiger partial charge in [0, 0.05) is 29.7 Å². The summed E-state index contributed by atoms with van der Waals surface area (Å²) in [5.41, 5.74) is 3.25. The number of H-pyrrole nitrogens is 1.